The smallest absolute Gasteiger partial charge is 0.309 e. The molecule has 180 valence electrons. The average Bonchev–Trinajstić information content (AvgIpc) is 2.83. The Bertz CT molecular complexity index is 1150. The maximum Gasteiger partial charge on any atom is 0.309 e. The van der Waals surface area contributed by atoms with Crippen molar-refractivity contribution in [2.75, 3.05) is 31.1 Å². The first-order valence-corrected chi connectivity index (χ1v) is 12.5. The zero-order valence-electron chi connectivity index (χ0n) is 19.3. The van der Waals surface area contributed by atoms with Crippen molar-refractivity contribution >= 4 is 27.6 Å². The number of benzene rings is 1. The predicted molar refractivity (Wildman–Crippen MR) is 125 cm³/mol. The van der Waals surface area contributed by atoms with Crippen molar-refractivity contribution in [2.24, 2.45) is 5.92 Å². The molecule has 1 aliphatic heterocycles. The summed E-state index contributed by atoms with van der Waals surface area (Å²) in [6.07, 6.45) is 3.57. The fraction of sp³-hybridized carbons (Fsp3) is 0.417. The lowest BCUT2D eigenvalue weighted by molar-refractivity contribution is -0.153. The van der Waals surface area contributed by atoms with Crippen LogP contribution in [0.4, 0.5) is 5.69 Å². The van der Waals surface area contributed by atoms with Crippen LogP contribution in [0.2, 0.25) is 0 Å². The number of anilines is 1. The molecular weight excluding hydrogens is 456 g/mol. The van der Waals surface area contributed by atoms with Gasteiger partial charge in [-0.15, -0.1) is 0 Å². The summed E-state index contributed by atoms with van der Waals surface area (Å²) in [4.78, 5) is 30.9. The zero-order chi connectivity index (χ0) is 24.7. The van der Waals surface area contributed by atoms with E-state index in [9.17, 15) is 18.0 Å². The summed E-state index contributed by atoms with van der Waals surface area (Å²) < 4.78 is 32.1. The summed E-state index contributed by atoms with van der Waals surface area (Å²) in [5.41, 5.74) is 2.62. The molecule has 1 aliphatic rings. The molecule has 9 nitrogen and oxygen atoms in total. The number of sulfonamides is 1. The van der Waals surface area contributed by atoms with Crippen LogP contribution >= 0.6 is 0 Å². The number of carbonyl (C=O) groups excluding carboxylic acids is 2. The molecule has 0 spiro atoms. The molecule has 0 N–H and O–H groups in total. The lowest BCUT2D eigenvalue weighted by Gasteiger charge is -2.30. The minimum absolute atomic E-state index is 0.116. The van der Waals surface area contributed by atoms with Crippen LogP contribution in [0, 0.1) is 31.1 Å². The summed E-state index contributed by atoms with van der Waals surface area (Å²) in [7, 11) is -3.66. The highest BCUT2D eigenvalue weighted by atomic mass is 32.2. The van der Waals surface area contributed by atoms with Crippen molar-refractivity contribution in [2.45, 2.75) is 38.0 Å². The Morgan fingerprint density at radius 3 is 2.47 bits per heavy atom. The molecule has 0 atom stereocenters. The molecule has 0 aliphatic carbocycles. The van der Waals surface area contributed by atoms with Crippen molar-refractivity contribution in [3.8, 4) is 6.07 Å². The van der Waals surface area contributed by atoms with Crippen molar-refractivity contribution < 1.29 is 22.7 Å². The van der Waals surface area contributed by atoms with Crippen LogP contribution in [0.25, 0.3) is 0 Å². The second-order valence-electron chi connectivity index (χ2n) is 8.27. The van der Waals surface area contributed by atoms with E-state index in [1.165, 1.54) is 27.7 Å². The van der Waals surface area contributed by atoms with Crippen LogP contribution in [0.1, 0.15) is 30.4 Å². The van der Waals surface area contributed by atoms with Crippen LogP contribution < -0.4 is 4.90 Å². The fourth-order valence-electron chi connectivity index (χ4n) is 3.98. The Balaban J connectivity index is 1.57. The molecule has 1 fully saturated rings. The minimum Gasteiger partial charge on any atom is -0.455 e. The first-order chi connectivity index (χ1) is 16.2. The monoisotopic (exact) mass is 484 g/mol. The number of aromatic nitrogens is 1. The van der Waals surface area contributed by atoms with E-state index in [1.54, 1.807) is 6.07 Å². The third kappa shape index (κ3) is 6.18. The number of pyridine rings is 1. The number of hydrogen-bond acceptors (Lipinski definition) is 7. The first kappa shape index (κ1) is 25.3. The highest BCUT2D eigenvalue weighted by Gasteiger charge is 2.33. The topological polar surface area (TPSA) is 121 Å². The Hall–Kier alpha value is -3.29. The van der Waals surface area contributed by atoms with Crippen LogP contribution in [-0.4, -0.2) is 55.8 Å². The van der Waals surface area contributed by atoms with Crippen molar-refractivity contribution in [3.05, 3.63) is 53.9 Å². The number of nitriles is 1. The van der Waals surface area contributed by atoms with Gasteiger partial charge in [0.1, 0.15) is 4.90 Å². The van der Waals surface area contributed by atoms with E-state index in [1.807, 2.05) is 38.1 Å². The SMILES string of the molecule is Cc1cc(C)cc(N(CCC#N)C(=O)COC(=O)C2CCN(S(=O)(=O)c3cccnc3)CC2)c1. The van der Waals surface area contributed by atoms with Gasteiger partial charge in [0, 0.05) is 37.7 Å². The number of nitrogens with zero attached hydrogens (tertiary/aromatic N) is 4. The van der Waals surface area contributed by atoms with Gasteiger partial charge in [0.15, 0.2) is 6.61 Å². The van der Waals surface area contributed by atoms with E-state index < -0.39 is 34.4 Å². The standard InChI is InChI=1S/C24H28N4O5S/c1-18-13-19(2)15-21(14-18)28(10-4-8-25)23(29)17-33-24(30)20-6-11-27(12-7-20)34(31,32)22-5-3-9-26-16-22/h3,5,9,13-16,20H,4,6-7,10-12,17H2,1-2H3. The van der Waals surface area contributed by atoms with Crippen LogP contribution in [-0.2, 0) is 24.3 Å². The second-order valence-corrected chi connectivity index (χ2v) is 10.2. The summed E-state index contributed by atoms with van der Waals surface area (Å²) in [5.74, 6) is -1.42. The number of hydrogen-bond donors (Lipinski definition) is 0. The predicted octanol–water partition coefficient (Wildman–Crippen LogP) is 2.59. The summed E-state index contributed by atoms with van der Waals surface area (Å²) in [6, 6.07) is 10.8. The number of aryl methyl sites for hydroxylation is 2. The Kier molecular flexibility index (Phi) is 8.36. The summed E-state index contributed by atoms with van der Waals surface area (Å²) in [5, 5.41) is 8.97. The normalized spacial score (nSPS) is 14.9. The molecule has 0 unspecified atom stereocenters. The molecule has 1 amide bonds. The average molecular weight is 485 g/mol. The maximum atomic E-state index is 12.8. The van der Waals surface area contributed by atoms with E-state index in [0.29, 0.717) is 18.5 Å². The molecule has 0 radical (unpaired) electrons. The molecule has 10 heteroatoms. The number of rotatable bonds is 8. The second kappa shape index (κ2) is 11.2. The van der Waals surface area contributed by atoms with Crippen LogP contribution in [0.5, 0.6) is 0 Å². The lowest BCUT2D eigenvalue weighted by Crippen LogP contribution is -2.41. The molecular formula is C24H28N4O5S. The van der Waals surface area contributed by atoms with Gasteiger partial charge >= 0.3 is 5.97 Å². The fourth-order valence-corrected chi connectivity index (χ4v) is 5.41. The summed E-state index contributed by atoms with van der Waals surface area (Å²) >= 11 is 0. The highest BCUT2D eigenvalue weighted by molar-refractivity contribution is 7.89. The lowest BCUT2D eigenvalue weighted by atomic mass is 9.98. The number of ether oxygens (including phenoxy) is 1. The van der Waals surface area contributed by atoms with Crippen LogP contribution in [0.3, 0.4) is 0 Å². The zero-order valence-corrected chi connectivity index (χ0v) is 20.1. The quantitative estimate of drug-likeness (QED) is 0.528. The van der Waals surface area contributed by atoms with Gasteiger partial charge in [-0.2, -0.15) is 9.57 Å². The van der Waals surface area contributed by atoms with Gasteiger partial charge in [-0.25, -0.2) is 8.42 Å². The summed E-state index contributed by atoms with van der Waals surface area (Å²) in [6.45, 7) is 3.96. The van der Waals surface area contributed by atoms with Gasteiger partial charge in [-0.1, -0.05) is 6.07 Å². The number of esters is 1. The highest BCUT2D eigenvalue weighted by Crippen LogP contribution is 2.25. The largest absolute Gasteiger partial charge is 0.455 e. The Labute approximate surface area is 200 Å². The minimum atomic E-state index is -3.66. The number of piperidine rings is 1. The molecule has 1 aromatic heterocycles. The van der Waals surface area contributed by atoms with Crippen molar-refractivity contribution in [3.63, 3.8) is 0 Å². The molecule has 34 heavy (non-hydrogen) atoms. The Morgan fingerprint density at radius 1 is 1.21 bits per heavy atom. The van der Waals surface area contributed by atoms with Gasteiger partial charge in [-0.05, 0) is 62.1 Å². The molecule has 1 aromatic carbocycles. The Morgan fingerprint density at radius 2 is 1.88 bits per heavy atom. The molecule has 0 saturated carbocycles. The van der Waals surface area contributed by atoms with Gasteiger partial charge in [-0.3, -0.25) is 14.6 Å². The third-order valence-electron chi connectivity index (χ3n) is 5.66. The maximum absolute atomic E-state index is 12.8. The van der Waals surface area contributed by atoms with E-state index in [4.69, 9.17) is 10.00 Å². The molecule has 3 rings (SSSR count). The van der Waals surface area contributed by atoms with E-state index in [-0.39, 0.29) is 31.0 Å². The van der Waals surface area contributed by atoms with Gasteiger partial charge < -0.3 is 9.64 Å². The van der Waals surface area contributed by atoms with Crippen molar-refractivity contribution in [1.82, 2.24) is 9.29 Å². The molecule has 2 aromatic rings. The third-order valence-corrected chi connectivity index (χ3v) is 7.55. The molecule has 2 heterocycles. The van der Waals surface area contributed by atoms with Gasteiger partial charge in [0.05, 0.1) is 18.4 Å². The number of carbonyl (C=O) groups is 2. The molecule has 0 bridgehead atoms. The van der Waals surface area contributed by atoms with E-state index >= 15 is 0 Å². The van der Waals surface area contributed by atoms with Gasteiger partial charge in [0.2, 0.25) is 10.0 Å². The van der Waals surface area contributed by atoms with Crippen molar-refractivity contribution in [1.29, 1.82) is 5.26 Å². The van der Waals surface area contributed by atoms with E-state index in [2.05, 4.69) is 4.98 Å². The van der Waals surface area contributed by atoms with Crippen LogP contribution in [0.15, 0.2) is 47.6 Å². The molecule has 1 saturated heterocycles. The van der Waals surface area contributed by atoms with Gasteiger partial charge in [0.25, 0.3) is 5.91 Å². The number of amides is 1. The first-order valence-electron chi connectivity index (χ1n) is 11.0. The van der Waals surface area contributed by atoms with E-state index in [0.717, 1.165) is 11.1 Å².